The Morgan fingerprint density at radius 2 is 1.72 bits per heavy atom. The molecule has 0 bridgehead atoms. The van der Waals surface area contributed by atoms with E-state index in [1.807, 2.05) is 42.3 Å². The van der Waals surface area contributed by atoms with Gasteiger partial charge in [0.25, 0.3) is 5.91 Å². The third-order valence-corrected chi connectivity index (χ3v) is 3.65. The van der Waals surface area contributed by atoms with Gasteiger partial charge in [0.05, 0.1) is 0 Å². The molecular formula is C19H17FN4O. The lowest BCUT2D eigenvalue weighted by Crippen LogP contribution is -2.18. The van der Waals surface area contributed by atoms with Gasteiger partial charge in [0.15, 0.2) is 0 Å². The van der Waals surface area contributed by atoms with Crippen LogP contribution in [-0.4, -0.2) is 22.9 Å². The van der Waals surface area contributed by atoms with Crippen molar-refractivity contribution < 1.29 is 9.18 Å². The van der Waals surface area contributed by atoms with Crippen molar-refractivity contribution in [3.8, 4) is 0 Å². The summed E-state index contributed by atoms with van der Waals surface area (Å²) in [6.07, 6.45) is 0. The van der Waals surface area contributed by atoms with Crippen molar-refractivity contribution in [2.45, 2.75) is 6.92 Å². The molecule has 0 saturated carbocycles. The number of anilines is 3. The SMILES string of the molecule is Cc1nc(C(=O)Nc2ccc(F)cc2)cc(N(C)c2ccccc2)n1. The summed E-state index contributed by atoms with van der Waals surface area (Å²) in [6.45, 7) is 1.73. The molecule has 0 atom stereocenters. The fourth-order valence-corrected chi connectivity index (χ4v) is 2.35. The number of aromatic nitrogens is 2. The number of nitrogens with one attached hydrogen (secondary N) is 1. The molecule has 0 spiro atoms. The molecule has 25 heavy (non-hydrogen) atoms. The summed E-state index contributed by atoms with van der Waals surface area (Å²) in [5, 5.41) is 2.70. The number of carbonyl (C=O) groups is 1. The third kappa shape index (κ3) is 3.98. The van der Waals surface area contributed by atoms with Gasteiger partial charge in [0.2, 0.25) is 0 Å². The topological polar surface area (TPSA) is 58.1 Å². The normalized spacial score (nSPS) is 10.4. The maximum absolute atomic E-state index is 13.0. The van der Waals surface area contributed by atoms with Gasteiger partial charge < -0.3 is 10.2 Å². The molecule has 2 aromatic carbocycles. The highest BCUT2D eigenvalue weighted by Crippen LogP contribution is 2.22. The fourth-order valence-electron chi connectivity index (χ4n) is 2.35. The van der Waals surface area contributed by atoms with Crippen LogP contribution in [0.25, 0.3) is 0 Å². The molecule has 126 valence electrons. The van der Waals surface area contributed by atoms with E-state index in [2.05, 4.69) is 15.3 Å². The lowest BCUT2D eigenvalue weighted by molar-refractivity contribution is 0.102. The number of nitrogens with zero attached hydrogens (tertiary/aromatic N) is 3. The second-order valence-corrected chi connectivity index (χ2v) is 5.51. The molecule has 5 nitrogen and oxygen atoms in total. The maximum atomic E-state index is 13.0. The van der Waals surface area contributed by atoms with Crippen LogP contribution in [0.5, 0.6) is 0 Å². The molecule has 1 amide bonds. The average Bonchev–Trinajstić information content (AvgIpc) is 2.63. The molecule has 3 rings (SSSR count). The Labute approximate surface area is 145 Å². The molecule has 0 aliphatic carbocycles. The van der Waals surface area contributed by atoms with Crippen LogP contribution in [0.2, 0.25) is 0 Å². The Morgan fingerprint density at radius 1 is 1.04 bits per heavy atom. The average molecular weight is 336 g/mol. The van der Waals surface area contributed by atoms with Crippen LogP contribution in [0.4, 0.5) is 21.6 Å². The molecule has 6 heteroatoms. The first-order chi connectivity index (χ1) is 12.0. The molecule has 1 heterocycles. The highest BCUT2D eigenvalue weighted by molar-refractivity contribution is 6.03. The van der Waals surface area contributed by atoms with Gasteiger partial charge in [-0.2, -0.15) is 0 Å². The number of carbonyl (C=O) groups excluding carboxylic acids is 1. The van der Waals surface area contributed by atoms with Crippen molar-refractivity contribution in [2.75, 3.05) is 17.3 Å². The van der Waals surface area contributed by atoms with Gasteiger partial charge in [-0.15, -0.1) is 0 Å². The van der Waals surface area contributed by atoms with Crippen LogP contribution in [0.1, 0.15) is 16.3 Å². The molecule has 0 unspecified atom stereocenters. The van der Waals surface area contributed by atoms with E-state index in [1.54, 1.807) is 13.0 Å². The molecule has 1 N–H and O–H groups in total. The van der Waals surface area contributed by atoms with Crippen molar-refractivity contribution in [3.05, 3.63) is 78.0 Å². The second kappa shape index (κ2) is 7.09. The zero-order valence-corrected chi connectivity index (χ0v) is 13.9. The first-order valence-corrected chi connectivity index (χ1v) is 7.74. The summed E-state index contributed by atoms with van der Waals surface area (Å²) in [6, 6.07) is 16.9. The molecule has 1 aromatic heterocycles. The Kier molecular flexibility index (Phi) is 4.70. The number of aryl methyl sites for hydroxylation is 1. The minimum absolute atomic E-state index is 0.245. The number of benzene rings is 2. The van der Waals surface area contributed by atoms with Crippen molar-refractivity contribution in [1.29, 1.82) is 0 Å². The second-order valence-electron chi connectivity index (χ2n) is 5.51. The van der Waals surface area contributed by atoms with Crippen LogP contribution in [0.3, 0.4) is 0 Å². The van der Waals surface area contributed by atoms with Crippen molar-refractivity contribution in [2.24, 2.45) is 0 Å². The summed E-state index contributed by atoms with van der Waals surface area (Å²) in [7, 11) is 1.87. The van der Waals surface area contributed by atoms with Crippen LogP contribution in [-0.2, 0) is 0 Å². The number of amides is 1. The summed E-state index contributed by atoms with van der Waals surface area (Å²) in [5.41, 5.74) is 1.70. The Bertz CT molecular complexity index is 882. The van der Waals surface area contributed by atoms with Gasteiger partial charge in [0.1, 0.15) is 23.2 Å². The predicted molar refractivity (Wildman–Crippen MR) is 95.6 cm³/mol. The maximum Gasteiger partial charge on any atom is 0.274 e. The van der Waals surface area contributed by atoms with Gasteiger partial charge in [-0.1, -0.05) is 18.2 Å². The van der Waals surface area contributed by atoms with E-state index in [1.165, 1.54) is 24.3 Å². The number of rotatable bonds is 4. The third-order valence-electron chi connectivity index (χ3n) is 3.65. The van der Waals surface area contributed by atoms with Crippen LogP contribution < -0.4 is 10.2 Å². The number of hydrogen-bond acceptors (Lipinski definition) is 4. The van der Waals surface area contributed by atoms with E-state index < -0.39 is 0 Å². The van der Waals surface area contributed by atoms with Gasteiger partial charge in [-0.3, -0.25) is 4.79 Å². The standard InChI is InChI=1S/C19H17FN4O/c1-13-21-17(19(25)23-15-10-8-14(20)9-11-15)12-18(22-13)24(2)16-6-4-3-5-7-16/h3-12H,1-2H3,(H,23,25). The smallest absolute Gasteiger partial charge is 0.274 e. The van der Waals surface area contributed by atoms with Gasteiger partial charge >= 0.3 is 0 Å². The summed E-state index contributed by atoms with van der Waals surface area (Å²) < 4.78 is 13.0. The Balaban J connectivity index is 1.86. The minimum atomic E-state index is -0.375. The first-order valence-electron chi connectivity index (χ1n) is 7.74. The monoisotopic (exact) mass is 336 g/mol. The van der Waals surface area contributed by atoms with Crippen molar-refractivity contribution in [3.63, 3.8) is 0 Å². The number of para-hydroxylation sites is 1. The van der Waals surface area contributed by atoms with Gasteiger partial charge in [-0.25, -0.2) is 14.4 Å². The quantitative estimate of drug-likeness (QED) is 0.784. The first kappa shape index (κ1) is 16.6. The van der Waals surface area contributed by atoms with E-state index in [4.69, 9.17) is 0 Å². The van der Waals surface area contributed by atoms with Crippen LogP contribution in [0.15, 0.2) is 60.7 Å². The van der Waals surface area contributed by atoms with Crippen LogP contribution in [0, 0.1) is 12.7 Å². The zero-order valence-electron chi connectivity index (χ0n) is 13.9. The van der Waals surface area contributed by atoms with Gasteiger partial charge in [-0.05, 0) is 43.3 Å². The lowest BCUT2D eigenvalue weighted by atomic mass is 10.2. The van der Waals surface area contributed by atoms with Crippen molar-refractivity contribution in [1.82, 2.24) is 9.97 Å². The Morgan fingerprint density at radius 3 is 2.40 bits per heavy atom. The summed E-state index contributed by atoms with van der Waals surface area (Å²) in [4.78, 5) is 22.9. The fraction of sp³-hybridized carbons (Fsp3) is 0.105. The molecule has 0 radical (unpaired) electrons. The highest BCUT2D eigenvalue weighted by Gasteiger charge is 2.14. The van der Waals surface area contributed by atoms with E-state index >= 15 is 0 Å². The van der Waals surface area contributed by atoms with Crippen LogP contribution >= 0.6 is 0 Å². The predicted octanol–water partition coefficient (Wildman–Crippen LogP) is 3.94. The summed E-state index contributed by atoms with van der Waals surface area (Å²) in [5.74, 6) is 0.370. The molecular weight excluding hydrogens is 319 g/mol. The number of halogens is 1. The molecule has 0 aliphatic rings. The zero-order chi connectivity index (χ0) is 17.8. The van der Waals surface area contributed by atoms with E-state index in [9.17, 15) is 9.18 Å². The Hall–Kier alpha value is -3.28. The van der Waals surface area contributed by atoms with Crippen molar-refractivity contribution >= 4 is 23.1 Å². The molecule has 3 aromatic rings. The molecule has 0 fully saturated rings. The van der Waals surface area contributed by atoms with E-state index in [-0.39, 0.29) is 17.4 Å². The van der Waals surface area contributed by atoms with Gasteiger partial charge in [0, 0.05) is 24.5 Å². The molecule has 0 saturated heterocycles. The number of hydrogen-bond donors (Lipinski definition) is 1. The largest absolute Gasteiger partial charge is 0.329 e. The summed E-state index contributed by atoms with van der Waals surface area (Å²) >= 11 is 0. The highest BCUT2D eigenvalue weighted by atomic mass is 19.1. The minimum Gasteiger partial charge on any atom is -0.329 e. The molecule has 0 aliphatic heterocycles. The van der Waals surface area contributed by atoms with E-state index in [0.29, 0.717) is 17.3 Å². The van der Waals surface area contributed by atoms with E-state index in [0.717, 1.165) is 5.69 Å². The lowest BCUT2D eigenvalue weighted by Gasteiger charge is -2.19.